The number of phenols is 2. The van der Waals surface area contributed by atoms with Crippen molar-refractivity contribution in [3.63, 3.8) is 0 Å². The lowest BCUT2D eigenvalue weighted by Gasteiger charge is -2.19. The van der Waals surface area contributed by atoms with Crippen LogP contribution in [0.1, 0.15) is 19.4 Å². The molecule has 0 saturated heterocycles. The summed E-state index contributed by atoms with van der Waals surface area (Å²) in [5.41, 5.74) is 1.61. The smallest absolute Gasteiger partial charge is 0.128 e. The fourth-order valence-electron chi connectivity index (χ4n) is 2.12. The topological polar surface area (TPSA) is 68.6 Å². The van der Waals surface area contributed by atoms with Gasteiger partial charge < -0.3 is 20.4 Å². The molecule has 5 heteroatoms. The summed E-state index contributed by atoms with van der Waals surface area (Å²) in [5.74, 6) is 1.09. The molecule has 2 rings (SSSR count). The van der Waals surface area contributed by atoms with Crippen LogP contribution in [0.3, 0.4) is 0 Å². The number of hydrogen-bond donors (Lipinski definition) is 3. The standard InChI is InChI=1S/C16H21N3O2/c1-3-19(4-2)16-8-6-13(11-18-16)17-10-12-5-7-14(20)9-15(12)21/h5-9,11,17,20-21H,3-4,10H2,1-2H3. The molecular weight excluding hydrogens is 266 g/mol. The van der Waals surface area contributed by atoms with Crippen LogP contribution in [0.5, 0.6) is 11.5 Å². The van der Waals surface area contributed by atoms with E-state index < -0.39 is 0 Å². The van der Waals surface area contributed by atoms with Crippen LogP contribution in [-0.2, 0) is 6.54 Å². The molecule has 0 spiro atoms. The average molecular weight is 287 g/mol. The highest BCUT2D eigenvalue weighted by atomic mass is 16.3. The molecule has 0 fully saturated rings. The second kappa shape index (κ2) is 6.83. The molecular formula is C16H21N3O2. The molecule has 0 atom stereocenters. The number of anilines is 2. The summed E-state index contributed by atoms with van der Waals surface area (Å²) in [4.78, 5) is 6.61. The van der Waals surface area contributed by atoms with Crippen molar-refractivity contribution in [3.05, 3.63) is 42.1 Å². The van der Waals surface area contributed by atoms with Crippen molar-refractivity contribution in [1.82, 2.24) is 4.98 Å². The van der Waals surface area contributed by atoms with Crippen LogP contribution in [-0.4, -0.2) is 28.3 Å². The zero-order valence-electron chi connectivity index (χ0n) is 12.4. The van der Waals surface area contributed by atoms with E-state index in [0.717, 1.165) is 30.2 Å². The molecule has 2 aromatic rings. The first-order valence-electron chi connectivity index (χ1n) is 7.09. The highest BCUT2D eigenvalue weighted by Gasteiger charge is 2.04. The Morgan fingerprint density at radius 3 is 2.43 bits per heavy atom. The molecule has 0 saturated carbocycles. The highest BCUT2D eigenvalue weighted by Crippen LogP contribution is 2.23. The third kappa shape index (κ3) is 3.78. The van der Waals surface area contributed by atoms with Crippen molar-refractivity contribution in [2.24, 2.45) is 0 Å². The van der Waals surface area contributed by atoms with Gasteiger partial charge in [-0.25, -0.2) is 4.98 Å². The van der Waals surface area contributed by atoms with Crippen molar-refractivity contribution in [1.29, 1.82) is 0 Å². The lowest BCUT2D eigenvalue weighted by atomic mass is 10.2. The first-order valence-corrected chi connectivity index (χ1v) is 7.09. The number of aromatic hydroxyl groups is 2. The molecule has 1 aromatic carbocycles. The Kier molecular flexibility index (Phi) is 4.87. The van der Waals surface area contributed by atoms with E-state index in [1.54, 1.807) is 18.3 Å². The molecule has 112 valence electrons. The van der Waals surface area contributed by atoms with E-state index in [4.69, 9.17) is 0 Å². The molecule has 0 aliphatic heterocycles. The zero-order chi connectivity index (χ0) is 15.2. The summed E-state index contributed by atoms with van der Waals surface area (Å²) in [5, 5.41) is 22.2. The Hall–Kier alpha value is -2.43. The SMILES string of the molecule is CCN(CC)c1ccc(NCc2ccc(O)cc2O)cn1. The molecule has 0 unspecified atom stereocenters. The summed E-state index contributed by atoms with van der Waals surface area (Å²) in [6, 6.07) is 8.52. The minimum atomic E-state index is 0.0569. The second-order valence-electron chi connectivity index (χ2n) is 4.74. The van der Waals surface area contributed by atoms with E-state index in [-0.39, 0.29) is 11.5 Å². The lowest BCUT2D eigenvalue weighted by molar-refractivity contribution is 0.446. The van der Waals surface area contributed by atoms with Gasteiger partial charge in [0.1, 0.15) is 17.3 Å². The average Bonchev–Trinajstić information content (AvgIpc) is 2.49. The number of pyridine rings is 1. The maximum atomic E-state index is 9.73. The fourth-order valence-corrected chi connectivity index (χ4v) is 2.12. The number of phenolic OH excluding ortho intramolecular Hbond substituents is 2. The van der Waals surface area contributed by atoms with Crippen LogP contribution < -0.4 is 10.2 Å². The summed E-state index contributed by atoms with van der Waals surface area (Å²) >= 11 is 0. The monoisotopic (exact) mass is 287 g/mol. The number of aromatic nitrogens is 1. The predicted octanol–water partition coefficient (Wildman–Crippen LogP) is 2.95. The quantitative estimate of drug-likeness (QED) is 0.762. The van der Waals surface area contributed by atoms with Crippen molar-refractivity contribution in [3.8, 4) is 11.5 Å². The zero-order valence-corrected chi connectivity index (χ0v) is 12.4. The molecule has 21 heavy (non-hydrogen) atoms. The maximum absolute atomic E-state index is 9.73. The van der Waals surface area contributed by atoms with Gasteiger partial charge in [0.05, 0.1) is 11.9 Å². The van der Waals surface area contributed by atoms with Crippen LogP contribution >= 0.6 is 0 Å². The second-order valence-corrected chi connectivity index (χ2v) is 4.74. The van der Waals surface area contributed by atoms with E-state index in [1.807, 2.05) is 12.1 Å². The molecule has 5 nitrogen and oxygen atoms in total. The van der Waals surface area contributed by atoms with Crippen LogP contribution in [0.2, 0.25) is 0 Å². The Balaban J connectivity index is 2.00. The van der Waals surface area contributed by atoms with E-state index in [9.17, 15) is 10.2 Å². The van der Waals surface area contributed by atoms with Crippen molar-refractivity contribution < 1.29 is 10.2 Å². The number of nitrogens with one attached hydrogen (secondary N) is 1. The number of hydrogen-bond acceptors (Lipinski definition) is 5. The fraction of sp³-hybridized carbons (Fsp3) is 0.312. The maximum Gasteiger partial charge on any atom is 0.128 e. The van der Waals surface area contributed by atoms with Gasteiger partial charge in [-0.15, -0.1) is 0 Å². The minimum absolute atomic E-state index is 0.0569. The van der Waals surface area contributed by atoms with E-state index in [1.165, 1.54) is 6.07 Å². The molecule has 3 N–H and O–H groups in total. The molecule has 0 radical (unpaired) electrons. The molecule has 0 aliphatic rings. The molecule has 1 aromatic heterocycles. The van der Waals surface area contributed by atoms with Gasteiger partial charge in [0.25, 0.3) is 0 Å². The first-order chi connectivity index (χ1) is 10.1. The summed E-state index contributed by atoms with van der Waals surface area (Å²) in [7, 11) is 0. The van der Waals surface area contributed by atoms with Gasteiger partial charge >= 0.3 is 0 Å². The van der Waals surface area contributed by atoms with Crippen LogP contribution in [0, 0.1) is 0 Å². The van der Waals surface area contributed by atoms with Crippen molar-refractivity contribution in [2.75, 3.05) is 23.3 Å². The van der Waals surface area contributed by atoms with Gasteiger partial charge in [-0.1, -0.05) is 0 Å². The lowest BCUT2D eigenvalue weighted by Crippen LogP contribution is -2.22. The Bertz CT molecular complexity index is 581. The normalized spacial score (nSPS) is 10.4. The Labute approximate surface area is 124 Å². The molecule has 1 heterocycles. The van der Waals surface area contributed by atoms with Crippen LogP contribution in [0.25, 0.3) is 0 Å². The van der Waals surface area contributed by atoms with Gasteiger partial charge in [-0.05, 0) is 38.1 Å². The van der Waals surface area contributed by atoms with Crippen LogP contribution in [0.15, 0.2) is 36.5 Å². The van der Waals surface area contributed by atoms with E-state index in [0.29, 0.717) is 6.54 Å². The number of nitrogens with zero attached hydrogens (tertiary/aromatic N) is 2. The van der Waals surface area contributed by atoms with Crippen molar-refractivity contribution in [2.45, 2.75) is 20.4 Å². The summed E-state index contributed by atoms with van der Waals surface area (Å²) in [6.45, 7) is 6.53. The van der Waals surface area contributed by atoms with Crippen molar-refractivity contribution >= 4 is 11.5 Å². The number of benzene rings is 1. The number of rotatable bonds is 6. The molecule has 0 aliphatic carbocycles. The van der Waals surface area contributed by atoms with Gasteiger partial charge in [0.15, 0.2) is 0 Å². The van der Waals surface area contributed by atoms with Gasteiger partial charge in [0, 0.05) is 31.3 Å². The van der Waals surface area contributed by atoms with E-state index >= 15 is 0 Å². The Morgan fingerprint density at radius 1 is 1.10 bits per heavy atom. The van der Waals surface area contributed by atoms with E-state index in [2.05, 4.69) is 29.0 Å². The highest BCUT2D eigenvalue weighted by molar-refractivity contribution is 5.50. The largest absolute Gasteiger partial charge is 0.508 e. The summed E-state index contributed by atoms with van der Waals surface area (Å²) in [6.07, 6.45) is 1.78. The third-order valence-electron chi connectivity index (χ3n) is 3.39. The summed E-state index contributed by atoms with van der Waals surface area (Å²) < 4.78 is 0. The van der Waals surface area contributed by atoms with Crippen LogP contribution in [0.4, 0.5) is 11.5 Å². The van der Waals surface area contributed by atoms with Gasteiger partial charge in [0.2, 0.25) is 0 Å². The third-order valence-corrected chi connectivity index (χ3v) is 3.39. The predicted molar refractivity (Wildman–Crippen MR) is 84.9 cm³/mol. The van der Waals surface area contributed by atoms with Gasteiger partial charge in [-0.3, -0.25) is 0 Å². The minimum Gasteiger partial charge on any atom is -0.508 e. The molecule has 0 amide bonds. The first kappa shape index (κ1) is 15.0. The Morgan fingerprint density at radius 2 is 1.86 bits per heavy atom. The van der Waals surface area contributed by atoms with Gasteiger partial charge in [-0.2, -0.15) is 0 Å². The molecule has 0 bridgehead atoms.